The Morgan fingerprint density at radius 1 is 0.897 bits per heavy atom. The minimum absolute atomic E-state index is 0.106. The molecule has 1 aliphatic carbocycles. The molecule has 10 nitrogen and oxygen atoms in total. The van der Waals surface area contributed by atoms with Gasteiger partial charge >= 0.3 is 24.1 Å². The average Bonchev–Trinajstić information content (AvgIpc) is 3.31. The molecule has 1 heterocycles. The van der Waals surface area contributed by atoms with Crippen LogP contribution in [0, 0.1) is 11.8 Å². The zero-order valence-electron chi connectivity index (χ0n) is 25.2. The van der Waals surface area contributed by atoms with Crippen LogP contribution in [-0.4, -0.2) is 71.2 Å². The molecule has 224 valence electrons. The molecule has 2 aliphatic rings. The molecule has 0 N–H and O–H groups in total. The number of carbonyl (C=O) groups is 4. The summed E-state index contributed by atoms with van der Waals surface area (Å²) >= 11 is 0. The molecular weight excluding hydrogens is 506 g/mol. The van der Waals surface area contributed by atoms with Crippen LogP contribution in [0.3, 0.4) is 0 Å². The SMILES string of the molecule is CC(C)CO[C@H]1CCC[C@H](N(C(=O)OC(C)(C)C)C(=O)OC(C)(C)C)C(=O)O[C@@H](C)[C@@H]1OC(=O)C1CCCC1. The lowest BCUT2D eigenvalue weighted by atomic mass is 10.0. The van der Waals surface area contributed by atoms with Gasteiger partial charge in [0.1, 0.15) is 23.3 Å². The van der Waals surface area contributed by atoms with Crippen molar-refractivity contribution in [3.63, 3.8) is 0 Å². The molecule has 39 heavy (non-hydrogen) atoms. The van der Waals surface area contributed by atoms with E-state index < -0.39 is 53.7 Å². The lowest BCUT2D eigenvalue weighted by Crippen LogP contribution is -2.53. The maximum Gasteiger partial charge on any atom is 0.420 e. The molecule has 2 amide bonds. The van der Waals surface area contributed by atoms with Crippen molar-refractivity contribution in [3.05, 3.63) is 0 Å². The Balaban J connectivity index is 2.36. The summed E-state index contributed by atoms with van der Waals surface area (Å²) in [5.41, 5.74) is -1.83. The predicted octanol–water partition coefficient (Wildman–Crippen LogP) is 5.79. The number of carbonyl (C=O) groups excluding carboxylic acids is 4. The number of hydrogen-bond acceptors (Lipinski definition) is 9. The normalized spacial score (nSPS) is 25.2. The zero-order chi connectivity index (χ0) is 29.5. The summed E-state index contributed by atoms with van der Waals surface area (Å²) in [5, 5.41) is 0. The van der Waals surface area contributed by atoms with Crippen LogP contribution in [0.4, 0.5) is 9.59 Å². The Morgan fingerprint density at radius 3 is 1.92 bits per heavy atom. The van der Waals surface area contributed by atoms with E-state index in [2.05, 4.69) is 0 Å². The first-order valence-electron chi connectivity index (χ1n) is 14.3. The van der Waals surface area contributed by atoms with Crippen molar-refractivity contribution in [2.45, 2.75) is 143 Å². The fraction of sp³-hybridized carbons (Fsp3) is 0.862. The molecule has 0 aromatic rings. The third-order valence-electron chi connectivity index (χ3n) is 6.45. The highest BCUT2D eigenvalue weighted by atomic mass is 16.6. The van der Waals surface area contributed by atoms with E-state index >= 15 is 0 Å². The topological polar surface area (TPSA) is 118 Å². The van der Waals surface area contributed by atoms with Crippen molar-refractivity contribution < 1.29 is 42.9 Å². The van der Waals surface area contributed by atoms with Crippen LogP contribution < -0.4 is 0 Å². The van der Waals surface area contributed by atoms with Gasteiger partial charge in [-0.15, -0.1) is 0 Å². The molecule has 0 aromatic carbocycles. The first kappa shape index (κ1) is 32.8. The Labute approximate surface area is 233 Å². The monoisotopic (exact) mass is 555 g/mol. The second-order valence-corrected chi connectivity index (χ2v) is 13.1. The van der Waals surface area contributed by atoms with Crippen molar-refractivity contribution in [1.29, 1.82) is 0 Å². The van der Waals surface area contributed by atoms with Gasteiger partial charge < -0.3 is 23.7 Å². The van der Waals surface area contributed by atoms with Crippen molar-refractivity contribution >= 4 is 24.1 Å². The molecule has 0 unspecified atom stereocenters. The summed E-state index contributed by atoms with van der Waals surface area (Å²) in [6.45, 7) is 16.1. The molecular formula is C29H49NO9. The van der Waals surface area contributed by atoms with E-state index in [0.29, 0.717) is 24.3 Å². The summed E-state index contributed by atoms with van der Waals surface area (Å²) in [7, 11) is 0. The minimum Gasteiger partial charge on any atom is -0.457 e. The Bertz CT molecular complexity index is 824. The van der Waals surface area contributed by atoms with Crippen LogP contribution >= 0.6 is 0 Å². The van der Waals surface area contributed by atoms with Crippen molar-refractivity contribution in [2.24, 2.45) is 11.8 Å². The van der Waals surface area contributed by atoms with Crippen molar-refractivity contribution in [3.8, 4) is 0 Å². The summed E-state index contributed by atoms with van der Waals surface area (Å²) in [4.78, 5) is 53.6. The van der Waals surface area contributed by atoms with Crippen LogP contribution in [0.25, 0.3) is 0 Å². The number of hydrogen-bond donors (Lipinski definition) is 0. The van der Waals surface area contributed by atoms with E-state index in [-0.39, 0.29) is 24.2 Å². The van der Waals surface area contributed by atoms with Gasteiger partial charge in [-0.25, -0.2) is 14.4 Å². The third kappa shape index (κ3) is 10.6. The van der Waals surface area contributed by atoms with Crippen LogP contribution in [0.15, 0.2) is 0 Å². The molecule has 2 fully saturated rings. The molecule has 0 radical (unpaired) electrons. The smallest absolute Gasteiger partial charge is 0.420 e. The Morgan fingerprint density at radius 2 is 1.44 bits per heavy atom. The second-order valence-electron chi connectivity index (χ2n) is 13.1. The molecule has 0 aromatic heterocycles. The highest BCUT2D eigenvalue weighted by Crippen LogP contribution is 2.30. The van der Waals surface area contributed by atoms with E-state index in [0.717, 1.165) is 25.7 Å². The maximum absolute atomic E-state index is 13.5. The van der Waals surface area contributed by atoms with E-state index in [4.69, 9.17) is 23.7 Å². The first-order chi connectivity index (χ1) is 18.0. The van der Waals surface area contributed by atoms with Gasteiger partial charge in [-0.3, -0.25) is 4.79 Å². The lowest BCUT2D eigenvalue weighted by Gasteiger charge is -2.33. The van der Waals surface area contributed by atoms with E-state index in [1.807, 2.05) is 13.8 Å². The van der Waals surface area contributed by atoms with Crippen molar-refractivity contribution in [1.82, 2.24) is 4.90 Å². The van der Waals surface area contributed by atoms with Crippen LogP contribution in [0.1, 0.15) is 107 Å². The summed E-state index contributed by atoms with van der Waals surface area (Å²) in [5.74, 6) is -1.04. The number of nitrogens with zero attached hydrogens (tertiary/aromatic N) is 1. The zero-order valence-corrected chi connectivity index (χ0v) is 25.2. The molecule has 0 spiro atoms. The summed E-state index contributed by atoms with van der Waals surface area (Å²) < 4.78 is 28.9. The standard InChI is InChI=1S/C29H49NO9/c1-18(2)17-35-22-16-12-15-21(30(26(33)38-28(4,5)6)27(34)39-29(7,8)9)25(32)36-19(3)23(22)37-24(31)20-13-10-11-14-20/h18-23H,10-17H2,1-9H3/t19-,21-,22-,23-/m0/s1. The summed E-state index contributed by atoms with van der Waals surface area (Å²) in [6.07, 6.45) is 0.244. The molecule has 10 heteroatoms. The van der Waals surface area contributed by atoms with E-state index in [1.54, 1.807) is 48.5 Å². The quantitative estimate of drug-likeness (QED) is 0.296. The number of cyclic esters (lactones) is 1. The lowest BCUT2D eigenvalue weighted by molar-refractivity contribution is -0.184. The fourth-order valence-electron chi connectivity index (χ4n) is 4.67. The number of ether oxygens (including phenoxy) is 5. The van der Waals surface area contributed by atoms with Gasteiger partial charge in [0.2, 0.25) is 0 Å². The minimum atomic E-state index is -1.29. The van der Waals surface area contributed by atoms with Gasteiger partial charge in [0.25, 0.3) is 0 Å². The Hall–Kier alpha value is -2.36. The fourth-order valence-corrected chi connectivity index (χ4v) is 4.67. The molecule has 4 atom stereocenters. The largest absolute Gasteiger partial charge is 0.457 e. The third-order valence-corrected chi connectivity index (χ3v) is 6.45. The van der Waals surface area contributed by atoms with Gasteiger partial charge in [0, 0.05) is 6.61 Å². The predicted molar refractivity (Wildman–Crippen MR) is 144 cm³/mol. The summed E-state index contributed by atoms with van der Waals surface area (Å²) in [6, 6.07) is -1.29. The molecule has 1 aliphatic heterocycles. The van der Waals surface area contributed by atoms with Crippen molar-refractivity contribution in [2.75, 3.05) is 6.61 Å². The van der Waals surface area contributed by atoms with Crippen LogP contribution in [0.2, 0.25) is 0 Å². The van der Waals surface area contributed by atoms with Gasteiger partial charge in [0.15, 0.2) is 6.10 Å². The molecule has 1 saturated carbocycles. The average molecular weight is 556 g/mol. The number of rotatable bonds is 6. The van der Waals surface area contributed by atoms with Gasteiger partial charge in [-0.2, -0.15) is 4.90 Å². The Kier molecular flexibility index (Phi) is 11.6. The van der Waals surface area contributed by atoms with Crippen LogP contribution in [0.5, 0.6) is 0 Å². The van der Waals surface area contributed by atoms with Crippen LogP contribution in [-0.2, 0) is 33.3 Å². The van der Waals surface area contributed by atoms with E-state index in [9.17, 15) is 19.2 Å². The molecule has 2 rings (SSSR count). The number of esters is 2. The van der Waals surface area contributed by atoms with E-state index in [1.165, 1.54) is 0 Å². The van der Waals surface area contributed by atoms with Gasteiger partial charge in [0.05, 0.1) is 12.0 Å². The van der Waals surface area contributed by atoms with Gasteiger partial charge in [-0.05, 0) is 86.5 Å². The highest BCUT2D eigenvalue weighted by Gasteiger charge is 2.44. The second kappa shape index (κ2) is 13.8. The number of amides is 2. The number of imide groups is 1. The maximum atomic E-state index is 13.5. The highest BCUT2D eigenvalue weighted by molar-refractivity contribution is 5.94. The van der Waals surface area contributed by atoms with Gasteiger partial charge in [-0.1, -0.05) is 26.7 Å². The first-order valence-corrected chi connectivity index (χ1v) is 14.3. The molecule has 0 bridgehead atoms. The molecule has 1 saturated heterocycles.